The van der Waals surface area contributed by atoms with Crippen molar-refractivity contribution in [1.29, 1.82) is 5.26 Å². The molecule has 0 aliphatic heterocycles. The van der Waals surface area contributed by atoms with Gasteiger partial charge in [-0.25, -0.2) is 4.79 Å². The molecule has 0 saturated heterocycles. The average Bonchev–Trinajstić information content (AvgIpc) is 3.12. The van der Waals surface area contributed by atoms with Crippen LogP contribution in [0.5, 0.6) is 5.75 Å². The topological polar surface area (TPSA) is 89.2 Å². The first-order chi connectivity index (χ1) is 14.6. The van der Waals surface area contributed by atoms with Crippen LogP contribution >= 0.6 is 0 Å². The summed E-state index contributed by atoms with van der Waals surface area (Å²) in [5, 5.41) is 18.0. The molecule has 160 valence electrons. The Morgan fingerprint density at radius 1 is 1.29 bits per heavy atom. The van der Waals surface area contributed by atoms with Crippen molar-refractivity contribution in [1.82, 2.24) is 9.78 Å². The molecule has 7 heteroatoms. The normalized spacial score (nSPS) is 11.1. The van der Waals surface area contributed by atoms with Crippen LogP contribution in [0.1, 0.15) is 26.3 Å². The van der Waals surface area contributed by atoms with E-state index in [1.54, 1.807) is 31.6 Å². The largest absolute Gasteiger partial charge is 0.494 e. The second-order valence-electron chi connectivity index (χ2n) is 8.30. The van der Waals surface area contributed by atoms with E-state index in [0.29, 0.717) is 23.4 Å². The van der Waals surface area contributed by atoms with E-state index < -0.39 is 11.7 Å². The molecule has 0 aliphatic rings. The molecular weight excluding hydrogens is 392 g/mol. The van der Waals surface area contributed by atoms with Gasteiger partial charge in [0, 0.05) is 41.8 Å². The standard InChI is InChI=1S/C24H26N4O3/c1-15(12-25)9-18-10-17-8-7-16(19-13-26-28(5)14-19)11-20(17)21(22(18)30-6)27-23(29)31-24(2,3)4/h7-8,10-11,13-14H,1,9H2,2-6H3,(H,27,29). The first-order valence-electron chi connectivity index (χ1n) is 9.82. The Morgan fingerprint density at radius 3 is 2.61 bits per heavy atom. The summed E-state index contributed by atoms with van der Waals surface area (Å²) in [6, 6.07) is 9.95. The highest BCUT2D eigenvalue weighted by molar-refractivity contribution is 6.05. The van der Waals surface area contributed by atoms with Gasteiger partial charge in [0.1, 0.15) is 11.4 Å². The zero-order chi connectivity index (χ0) is 22.8. The summed E-state index contributed by atoms with van der Waals surface area (Å²) in [7, 11) is 3.39. The number of fused-ring (bicyclic) bond motifs is 1. The molecule has 0 radical (unpaired) electrons. The maximum atomic E-state index is 12.6. The van der Waals surface area contributed by atoms with Crippen LogP contribution in [-0.4, -0.2) is 28.6 Å². The Morgan fingerprint density at radius 2 is 2.03 bits per heavy atom. The zero-order valence-electron chi connectivity index (χ0n) is 18.4. The molecule has 1 aromatic heterocycles. The SMILES string of the molecule is C=C(C#N)Cc1cc2ccc(-c3cnn(C)c3)cc2c(NC(=O)OC(C)(C)C)c1OC. The predicted molar refractivity (Wildman–Crippen MR) is 121 cm³/mol. The maximum absolute atomic E-state index is 12.6. The van der Waals surface area contributed by atoms with Gasteiger partial charge in [-0.15, -0.1) is 0 Å². The number of aryl methyl sites for hydroxylation is 1. The van der Waals surface area contributed by atoms with Crippen molar-refractivity contribution in [2.24, 2.45) is 7.05 Å². The first kappa shape index (κ1) is 21.9. The van der Waals surface area contributed by atoms with E-state index in [1.165, 1.54) is 7.11 Å². The fourth-order valence-electron chi connectivity index (χ4n) is 3.35. The maximum Gasteiger partial charge on any atom is 0.412 e. The molecule has 0 atom stereocenters. The minimum atomic E-state index is -0.652. The number of carbonyl (C=O) groups is 1. The van der Waals surface area contributed by atoms with E-state index in [2.05, 4.69) is 23.1 Å². The van der Waals surface area contributed by atoms with E-state index in [-0.39, 0.29) is 0 Å². The first-order valence-corrected chi connectivity index (χ1v) is 9.82. The predicted octanol–water partition coefficient (Wildman–Crippen LogP) is 5.22. The van der Waals surface area contributed by atoms with Crippen LogP contribution in [0.15, 0.2) is 48.8 Å². The molecule has 1 heterocycles. The van der Waals surface area contributed by atoms with Crippen LogP contribution in [0.3, 0.4) is 0 Å². The Bertz CT molecular complexity index is 1200. The molecule has 1 N–H and O–H groups in total. The molecule has 31 heavy (non-hydrogen) atoms. The molecule has 7 nitrogen and oxygen atoms in total. The van der Waals surface area contributed by atoms with Crippen molar-refractivity contribution in [2.45, 2.75) is 32.8 Å². The fraction of sp³-hybridized carbons (Fsp3) is 0.292. The number of nitrogens with one attached hydrogen (secondary N) is 1. The van der Waals surface area contributed by atoms with Crippen LogP contribution in [0.25, 0.3) is 21.9 Å². The number of aromatic nitrogens is 2. The molecule has 3 aromatic rings. The van der Waals surface area contributed by atoms with Gasteiger partial charge in [0.15, 0.2) is 0 Å². The van der Waals surface area contributed by atoms with Crippen molar-refractivity contribution < 1.29 is 14.3 Å². The van der Waals surface area contributed by atoms with Crippen LogP contribution in [0.4, 0.5) is 10.5 Å². The summed E-state index contributed by atoms with van der Waals surface area (Å²) in [5.74, 6) is 0.470. The average molecular weight is 418 g/mol. The number of amides is 1. The van der Waals surface area contributed by atoms with Gasteiger partial charge in [0.25, 0.3) is 0 Å². The Kier molecular flexibility index (Phi) is 6.02. The van der Waals surface area contributed by atoms with Crippen LogP contribution in [0.2, 0.25) is 0 Å². The molecular formula is C24H26N4O3. The number of carbonyl (C=O) groups excluding carboxylic acids is 1. The number of rotatable bonds is 5. The summed E-state index contributed by atoms with van der Waals surface area (Å²) in [4.78, 5) is 12.6. The number of benzene rings is 2. The summed E-state index contributed by atoms with van der Waals surface area (Å²) in [6.07, 6.45) is 3.42. The van der Waals surface area contributed by atoms with Gasteiger partial charge in [0.2, 0.25) is 0 Å². The van der Waals surface area contributed by atoms with Gasteiger partial charge < -0.3 is 9.47 Å². The molecule has 3 rings (SSSR count). The molecule has 0 spiro atoms. The molecule has 0 aliphatic carbocycles. The van der Waals surface area contributed by atoms with Gasteiger partial charge in [-0.3, -0.25) is 10.00 Å². The lowest BCUT2D eigenvalue weighted by molar-refractivity contribution is 0.0635. The van der Waals surface area contributed by atoms with Crippen molar-refractivity contribution in [3.63, 3.8) is 0 Å². The van der Waals surface area contributed by atoms with Gasteiger partial charge >= 0.3 is 6.09 Å². The smallest absolute Gasteiger partial charge is 0.412 e. The number of ether oxygens (including phenoxy) is 2. The van der Waals surface area contributed by atoms with Crippen molar-refractivity contribution in [3.8, 4) is 22.9 Å². The van der Waals surface area contributed by atoms with E-state index in [9.17, 15) is 10.1 Å². The quantitative estimate of drug-likeness (QED) is 0.574. The second kappa shape index (κ2) is 8.52. The second-order valence-corrected chi connectivity index (χ2v) is 8.30. The summed E-state index contributed by atoms with van der Waals surface area (Å²) < 4.78 is 12.9. The highest BCUT2D eigenvalue weighted by Crippen LogP contribution is 2.40. The number of allylic oxidation sites excluding steroid dienone is 1. The van der Waals surface area contributed by atoms with Crippen LogP contribution in [-0.2, 0) is 18.2 Å². The van der Waals surface area contributed by atoms with Gasteiger partial charge in [-0.05, 0) is 43.9 Å². The molecule has 2 aromatic carbocycles. The lowest BCUT2D eigenvalue weighted by atomic mass is 9.96. The van der Waals surface area contributed by atoms with Gasteiger partial charge in [-0.1, -0.05) is 18.7 Å². The third kappa shape index (κ3) is 5.04. The number of hydrogen-bond donors (Lipinski definition) is 1. The molecule has 1 amide bonds. The Labute approximate surface area is 181 Å². The molecule has 0 bridgehead atoms. The minimum Gasteiger partial charge on any atom is -0.494 e. The lowest BCUT2D eigenvalue weighted by Gasteiger charge is -2.22. The minimum absolute atomic E-state index is 0.309. The molecule has 0 fully saturated rings. The zero-order valence-corrected chi connectivity index (χ0v) is 18.4. The van der Waals surface area contributed by atoms with Crippen LogP contribution in [0, 0.1) is 11.3 Å². The number of nitriles is 1. The van der Waals surface area contributed by atoms with Gasteiger partial charge in [-0.2, -0.15) is 10.4 Å². The van der Waals surface area contributed by atoms with E-state index in [4.69, 9.17) is 9.47 Å². The number of anilines is 1. The fourth-order valence-corrected chi connectivity index (χ4v) is 3.35. The lowest BCUT2D eigenvalue weighted by Crippen LogP contribution is -2.27. The van der Waals surface area contributed by atoms with Crippen molar-refractivity contribution >= 4 is 22.6 Å². The summed E-state index contributed by atoms with van der Waals surface area (Å²) >= 11 is 0. The molecule has 0 unspecified atom stereocenters. The van der Waals surface area contributed by atoms with Crippen molar-refractivity contribution in [3.05, 3.63) is 54.4 Å². The monoisotopic (exact) mass is 418 g/mol. The summed E-state index contributed by atoms with van der Waals surface area (Å²) in [5.41, 5.74) is 2.88. The molecule has 0 saturated carbocycles. The van der Waals surface area contributed by atoms with E-state index in [1.807, 2.05) is 37.5 Å². The Hall–Kier alpha value is -3.79. The van der Waals surface area contributed by atoms with Crippen molar-refractivity contribution in [2.75, 3.05) is 12.4 Å². The van der Waals surface area contributed by atoms with E-state index >= 15 is 0 Å². The number of methoxy groups -OCH3 is 1. The number of hydrogen-bond acceptors (Lipinski definition) is 5. The highest BCUT2D eigenvalue weighted by Gasteiger charge is 2.21. The number of nitrogens with zero attached hydrogens (tertiary/aromatic N) is 3. The van der Waals surface area contributed by atoms with Crippen LogP contribution < -0.4 is 10.1 Å². The third-order valence-corrected chi connectivity index (χ3v) is 4.60. The van der Waals surface area contributed by atoms with E-state index in [0.717, 1.165) is 27.5 Å². The van der Waals surface area contributed by atoms with Gasteiger partial charge in [0.05, 0.1) is 25.1 Å². The Balaban J connectivity index is 2.20. The third-order valence-electron chi connectivity index (χ3n) is 4.60. The summed E-state index contributed by atoms with van der Waals surface area (Å²) in [6.45, 7) is 9.19. The highest BCUT2D eigenvalue weighted by atomic mass is 16.6.